The molecular weight excluding hydrogens is 360 g/mol. The number of piperazine rings is 1. The van der Waals surface area contributed by atoms with Crippen molar-refractivity contribution in [2.75, 3.05) is 38.2 Å². The Bertz CT molecular complexity index is 868. The molecule has 2 aromatic rings. The van der Waals surface area contributed by atoms with Gasteiger partial charge in [-0.2, -0.15) is 0 Å². The van der Waals surface area contributed by atoms with Crippen LogP contribution in [0.5, 0.6) is 0 Å². The van der Waals surface area contributed by atoms with Crippen LogP contribution in [0.3, 0.4) is 0 Å². The Morgan fingerprint density at radius 1 is 1.15 bits per heavy atom. The molecule has 2 fully saturated rings. The van der Waals surface area contributed by atoms with Gasteiger partial charge in [-0.05, 0) is 44.1 Å². The molecule has 0 bridgehead atoms. The number of hydrogen-bond acceptors (Lipinski definition) is 6. The topological polar surface area (TPSA) is 58.6 Å². The molecule has 1 saturated heterocycles. The van der Waals surface area contributed by atoms with Crippen molar-refractivity contribution >= 4 is 33.3 Å². The average molecular weight is 387 g/mol. The van der Waals surface area contributed by atoms with E-state index >= 15 is 0 Å². The number of aromatic nitrogens is 2. The van der Waals surface area contributed by atoms with Gasteiger partial charge < -0.3 is 14.5 Å². The fraction of sp³-hybridized carbons (Fsp3) is 0.650. The van der Waals surface area contributed by atoms with Gasteiger partial charge in [0.05, 0.1) is 5.39 Å². The Balaban J connectivity index is 1.47. The highest BCUT2D eigenvalue weighted by molar-refractivity contribution is 7.19. The van der Waals surface area contributed by atoms with E-state index < -0.39 is 0 Å². The van der Waals surface area contributed by atoms with E-state index in [1.807, 2.05) is 16.2 Å². The summed E-state index contributed by atoms with van der Waals surface area (Å²) >= 11 is 1.84. The summed E-state index contributed by atoms with van der Waals surface area (Å²) < 4.78 is 5.31. The molecule has 1 amide bonds. The first-order chi connectivity index (χ1) is 13.2. The molecule has 2 aliphatic carbocycles. The van der Waals surface area contributed by atoms with Gasteiger partial charge in [0.2, 0.25) is 5.91 Å². The van der Waals surface area contributed by atoms with Crippen molar-refractivity contribution in [1.82, 2.24) is 14.9 Å². The van der Waals surface area contributed by atoms with Crippen LogP contribution in [-0.4, -0.2) is 54.1 Å². The maximum Gasteiger partial charge on any atom is 0.225 e. The van der Waals surface area contributed by atoms with Crippen molar-refractivity contribution in [3.63, 3.8) is 0 Å². The van der Waals surface area contributed by atoms with Crippen LogP contribution in [0.1, 0.15) is 41.9 Å². The van der Waals surface area contributed by atoms with Crippen molar-refractivity contribution in [2.45, 2.75) is 45.1 Å². The molecule has 27 heavy (non-hydrogen) atoms. The van der Waals surface area contributed by atoms with Crippen LogP contribution in [-0.2, 0) is 29.0 Å². The number of carbonyl (C=O) groups is 1. The molecule has 0 spiro atoms. The van der Waals surface area contributed by atoms with E-state index in [2.05, 4.69) is 4.90 Å². The SMILES string of the molecule is COCc1nc(N2CCN(C(=O)C3CC3)CC2)c2c3c(sc2n1)CCCC3. The van der Waals surface area contributed by atoms with Gasteiger partial charge >= 0.3 is 0 Å². The maximum absolute atomic E-state index is 12.4. The van der Waals surface area contributed by atoms with Crippen LogP contribution in [0.2, 0.25) is 0 Å². The van der Waals surface area contributed by atoms with E-state index in [0.29, 0.717) is 18.4 Å². The second-order valence-corrected chi connectivity index (χ2v) is 8.96. The van der Waals surface area contributed by atoms with Gasteiger partial charge in [0.25, 0.3) is 0 Å². The minimum Gasteiger partial charge on any atom is -0.377 e. The molecule has 0 radical (unpaired) electrons. The lowest BCUT2D eigenvalue weighted by atomic mass is 9.97. The lowest BCUT2D eigenvalue weighted by molar-refractivity contribution is -0.132. The van der Waals surface area contributed by atoms with E-state index in [9.17, 15) is 4.79 Å². The van der Waals surface area contributed by atoms with Gasteiger partial charge in [-0.3, -0.25) is 4.79 Å². The Morgan fingerprint density at radius 2 is 1.93 bits per heavy atom. The third kappa shape index (κ3) is 3.21. The molecule has 144 valence electrons. The first-order valence-electron chi connectivity index (χ1n) is 10.1. The number of nitrogens with zero attached hydrogens (tertiary/aromatic N) is 4. The number of methoxy groups -OCH3 is 1. The monoisotopic (exact) mass is 386 g/mol. The van der Waals surface area contributed by atoms with Gasteiger partial charge in [-0.15, -0.1) is 11.3 Å². The zero-order valence-corrected chi connectivity index (χ0v) is 16.7. The van der Waals surface area contributed by atoms with E-state index in [4.69, 9.17) is 14.7 Å². The molecule has 0 N–H and O–H groups in total. The fourth-order valence-electron chi connectivity index (χ4n) is 4.33. The summed E-state index contributed by atoms with van der Waals surface area (Å²) in [4.78, 5) is 29.1. The molecule has 0 aromatic carbocycles. The summed E-state index contributed by atoms with van der Waals surface area (Å²) in [5, 5.41) is 1.26. The van der Waals surface area contributed by atoms with Gasteiger partial charge in [0.1, 0.15) is 17.3 Å². The standard InChI is InChI=1S/C20H26N4O2S/c1-26-12-16-21-18(17-14-4-2-3-5-15(14)27-19(17)22-16)23-8-10-24(11-9-23)20(25)13-6-7-13/h13H,2-12H2,1H3. The average Bonchev–Trinajstić information content (AvgIpc) is 3.48. The summed E-state index contributed by atoms with van der Waals surface area (Å²) in [6.45, 7) is 3.73. The lowest BCUT2D eigenvalue weighted by Gasteiger charge is -2.36. The van der Waals surface area contributed by atoms with Crippen LogP contribution in [0, 0.1) is 5.92 Å². The predicted octanol–water partition coefficient (Wildman–Crippen LogP) is 2.78. The molecule has 7 heteroatoms. The Hall–Kier alpha value is -1.73. The first kappa shape index (κ1) is 17.4. The zero-order chi connectivity index (χ0) is 18.4. The van der Waals surface area contributed by atoms with Crippen LogP contribution in [0.25, 0.3) is 10.2 Å². The second kappa shape index (κ2) is 7.02. The summed E-state index contributed by atoms with van der Waals surface area (Å²) in [5.41, 5.74) is 1.47. The molecular formula is C20H26N4O2S. The highest BCUT2D eigenvalue weighted by atomic mass is 32.1. The highest BCUT2D eigenvalue weighted by Gasteiger charge is 2.35. The number of anilines is 1. The van der Waals surface area contributed by atoms with Gasteiger partial charge in [-0.1, -0.05) is 0 Å². The smallest absolute Gasteiger partial charge is 0.225 e. The highest BCUT2D eigenvalue weighted by Crippen LogP contribution is 2.40. The van der Waals surface area contributed by atoms with Crippen LogP contribution in [0.4, 0.5) is 5.82 Å². The van der Waals surface area contributed by atoms with E-state index in [0.717, 1.165) is 61.9 Å². The Morgan fingerprint density at radius 3 is 2.67 bits per heavy atom. The van der Waals surface area contributed by atoms with Crippen LogP contribution < -0.4 is 4.90 Å². The van der Waals surface area contributed by atoms with E-state index in [-0.39, 0.29) is 0 Å². The molecule has 0 unspecified atom stereocenters. The number of rotatable bonds is 4. The van der Waals surface area contributed by atoms with Gasteiger partial charge in [0.15, 0.2) is 5.82 Å². The maximum atomic E-state index is 12.4. The molecule has 3 aliphatic rings. The second-order valence-electron chi connectivity index (χ2n) is 7.87. The lowest BCUT2D eigenvalue weighted by Crippen LogP contribution is -2.49. The van der Waals surface area contributed by atoms with Crippen molar-refractivity contribution in [2.24, 2.45) is 5.92 Å². The van der Waals surface area contributed by atoms with Gasteiger partial charge in [-0.25, -0.2) is 9.97 Å². The number of amides is 1. The Kier molecular flexibility index (Phi) is 4.52. The third-order valence-corrected chi connectivity index (χ3v) is 7.12. The van der Waals surface area contributed by atoms with Crippen molar-refractivity contribution in [3.8, 4) is 0 Å². The van der Waals surface area contributed by atoms with E-state index in [1.54, 1.807) is 7.11 Å². The molecule has 5 rings (SSSR count). The summed E-state index contributed by atoms with van der Waals surface area (Å²) in [6, 6.07) is 0. The number of fused-ring (bicyclic) bond motifs is 3. The zero-order valence-electron chi connectivity index (χ0n) is 15.9. The normalized spacial score (nSPS) is 20.2. The minimum absolute atomic E-state index is 0.305. The van der Waals surface area contributed by atoms with Crippen LogP contribution in [0.15, 0.2) is 0 Å². The molecule has 2 aromatic heterocycles. The number of thiophene rings is 1. The summed E-state index contributed by atoms with van der Waals surface area (Å²) in [5.74, 6) is 2.48. The predicted molar refractivity (Wildman–Crippen MR) is 106 cm³/mol. The van der Waals surface area contributed by atoms with Crippen LogP contribution >= 0.6 is 11.3 Å². The largest absolute Gasteiger partial charge is 0.377 e. The summed E-state index contributed by atoms with van der Waals surface area (Å²) in [7, 11) is 1.69. The van der Waals surface area contributed by atoms with Gasteiger partial charge in [0, 0.05) is 44.1 Å². The molecule has 3 heterocycles. The first-order valence-corrected chi connectivity index (χ1v) is 10.9. The van der Waals surface area contributed by atoms with Crippen molar-refractivity contribution < 1.29 is 9.53 Å². The number of carbonyl (C=O) groups excluding carboxylic acids is 1. The molecule has 1 aliphatic heterocycles. The van der Waals surface area contributed by atoms with Crippen molar-refractivity contribution in [1.29, 1.82) is 0 Å². The fourth-order valence-corrected chi connectivity index (χ4v) is 5.61. The summed E-state index contributed by atoms with van der Waals surface area (Å²) in [6.07, 6.45) is 6.98. The number of aryl methyl sites for hydroxylation is 2. The van der Waals surface area contributed by atoms with Crippen molar-refractivity contribution in [3.05, 3.63) is 16.3 Å². The quantitative estimate of drug-likeness (QED) is 0.809. The number of hydrogen-bond donors (Lipinski definition) is 0. The molecule has 6 nitrogen and oxygen atoms in total. The third-order valence-electron chi connectivity index (χ3n) is 5.93. The minimum atomic E-state index is 0.305. The number of ether oxygens (including phenoxy) is 1. The molecule has 1 saturated carbocycles. The molecule has 0 atom stereocenters. The van der Waals surface area contributed by atoms with E-state index in [1.165, 1.54) is 35.1 Å². The Labute approximate surface area is 163 Å².